The maximum Gasteiger partial charge on any atom is 0.338 e. The molecule has 0 saturated heterocycles. The van der Waals surface area contributed by atoms with E-state index in [9.17, 15) is 19.8 Å². The molecular formula is C14H18O7. The number of hydrogen-bond acceptors (Lipinski definition) is 7. The van der Waals surface area contributed by atoms with Gasteiger partial charge in [0.1, 0.15) is 11.9 Å². The van der Waals surface area contributed by atoms with Crippen LogP contribution in [0.1, 0.15) is 28.9 Å². The summed E-state index contributed by atoms with van der Waals surface area (Å²) in [6, 6.07) is 4.16. The monoisotopic (exact) mass is 298 g/mol. The van der Waals surface area contributed by atoms with Crippen molar-refractivity contribution in [3.05, 3.63) is 29.3 Å². The molecule has 0 heterocycles. The fraction of sp³-hybridized carbons (Fsp3) is 0.429. The minimum Gasteiger partial charge on any atom is -0.496 e. The van der Waals surface area contributed by atoms with Crippen molar-refractivity contribution in [3.8, 4) is 5.75 Å². The summed E-state index contributed by atoms with van der Waals surface area (Å²) in [7, 11) is 2.58. The van der Waals surface area contributed by atoms with E-state index in [1.54, 1.807) is 6.92 Å². The zero-order chi connectivity index (χ0) is 16.0. The van der Waals surface area contributed by atoms with Crippen molar-refractivity contribution in [1.29, 1.82) is 0 Å². The lowest BCUT2D eigenvalue weighted by atomic mass is 10.0. The largest absolute Gasteiger partial charge is 0.496 e. The van der Waals surface area contributed by atoms with Crippen LogP contribution < -0.4 is 4.74 Å². The van der Waals surface area contributed by atoms with Gasteiger partial charge in [0.2, 0.25) is 0 Å². The average molecular weight is 298 g/mol. The Morgan fingerprint density at radius 1 is 1.24 bits per heavy atom. The number of aliphatic hydroxyl groups is 2. The van der Waals surface area contributed by atoms with Crippen LogP contribution in [-0.2, 0) is 14.3 Å². The summed E-state index contributed by atoms with van der Waals surface area (Å²) in [6.07, 6.45) is -3.38. The van der Waals surface area contributed by atoms with Crippen molar-refractivity contribution in [2.75, 3.05) is 20.8 Å². The van der Waals surface area contributed by atoms with Crippen LogP contribution in [0.15, 0.2) is 18.2 Å². The van der Waals surface area contributed by atoms with E-state index in [4.69, 9.17) is 4.74 Å². The average Bonchev–Trinajstić information content (AvgIpc) is 2.52. The second-order valence-corrected chi connectivity index (χ2v) is 4.09. The Bertz CT molecular complexity index is 512. The van der Waals surface area contributed by atoms with Crippen LogP contribution in [0, 0.1) is 0 Å². The van der Waals surface area contributed by atoms with E-state index in [0.29, 0.717) is 0 Å². The third kappa shape index (κ3) is 3.93. The number of methoxy groups -OCH3 is 2. The number of carbonyl (C=O) groups excluding carboxylic acids is 2. The number of hydrogen-bond donors (Lipinski definition) is 2. The van der Waals surface area contributed by atoms with Crippen LogP contribution >= 0.6 is 0 Å². The molecule has 0 aromatic heterocycles. The van der Waals surface area contributed by atoms with Crippen LogP contribution in [0.4, 0.5) is 0 Å². The third-order valence-corrected chi connectivity index (χ3v) is 2.80. The standard InChI is InChI=1S/C14H18O7/c1-4-21-14(18)12(16)11(15)9-7-8(13(17)20-3)5-6-10(9)19-2/h5-7,11-12,15-16H,4H2,1-3H3. The highest BCUT2D eigenvalue weighted by atomic mass is 16.5. The van der Waals surface area contributed by atoms with Crippen LogP contribution in [-0.4, -0.2) is 49.1 Å². The van der Waals surface area contributed by atoms with Gasteiger partial charge in [-0.3, -0.25) is 0 Å². The lowest BCUT2D eigenvalue weighted by Crippen LogP contribution is -2.30. The Labute approximate surface area is 122 Å². The molecule has 2 N–H and O–H groups in total. The maximum absolute atomic E-state index is 11.5. The van der Waals surface area contributed by atoms with Crippen LogP contribution in [0.3, 0.4) is 0 Å². The van der Waals surface area contributed by atoms with E-state index >= 15 is 0 Å². The van der Waals surface area contributed by atoms with Crippen molar-refractivity contribution >= 4 is 11.9 Å². The summed E-state index contributed by atoms with van der Waals surface area (Å²) in [4.78, 5) is 23.0. The summed E-state index contributed by atoms with van der Waals surface area (Å²) < 4.78 is 14.3. The predicted octanol–water partition coefficient (Wildman–Crippen LogP) is 0.439. The first-order valence-electron chi connectivity index (χ1n) is 6.25. The lowest BCUT2D eigenvalue weighted by molar-refractivity contribution is -0.159. The van der Waals surface area contributed by atoms with Gasteiger partial charge in [-0.2, -0.15) is 0 Å². The number of rotatable bonds is 6. The Hall–Kier alpha value is -2.12. The van der Waals surface area contributed by atoms with E-state index in [1.807, 2.05) is 0 Å². The molecule has 0 aliphatic rings. The van der Waals surface area contributed by atoms with Crippen LogP contribution in [0.25, 0.3) is 0 Å². The van der Waals surface area contributed by atoms with E-state index < -0.39 is 24.1 Å². The highest BCUT2D eigenvalue weighted by Crippen LogP contribution is 2.29. The van der Waals surface area contributed by atoms with Crippen LogP contribution in [0.5, 0.6) is 5.75 Å². The molecule has 2 atom stereocenters. The minimum absolute atomic E-state index is 0.0714. The van der Waals surface area contributed by atoms with Gasteiger partial charge >= 0.3 is 11.9 Å². The second-order valence-electron chi connectivity index (χ2n) is 4.09. The van der Waals surface area contributed by atoms with E-state index in [2.05, 4.69) is 9.47 Å². The van der Waals surface area contributed by atoms with Crippen molar-refractivity contribution in [2.24, 2.45) is 0 Å². The molecule has 0 saturated carbocycles. The molecular weight excluding hydrogens is 280 g/mol. The van der Waals surface area contributed by atoms with Gasteiger partial charge in [-0.1, -0.05) is 0 Å². The molecule has 0 fully saturated rings. The normalized spacial score (nSPS) is 13.2. The van der Waals surface area contributed by atoms with Gasteiger partial charge < -0.3 is 24.4 Å². The summed E-state index contributed by atoms with van der Waals surface area (Å²) in [5.41, 5.74) is 0.240. The van der Waals surface area contributed by atoms with Crippen LogP contribution in [0.2, 0.25) is 0 Å². The van der Waals surface area contributed by atoms with E-state index in [1.165, 1.54) is 32.4 Å². The molecule has 7 nitrogen and oxygen atoms in total. The van der Waals surface area contributed by atoms with Crippen molar-refractivity contribution in [3.63, 3.8) is 0 Å². The molecule has 0 radical (unpaired) electrons. The van der Waals surface area contributed by atoms with Gasteiger partial charge in [0, 0.05) is 5.56 Å². The molecule has 21 heavy (non-hydrogen) atoms. The summed E-state index contributed by atoms with van der Waals surface area (Å²) in [5, 5.41) is 19.9. The lowest BCUT2D eigenvalue weighted by Gasteiger charge is -2.19. The van der Waals surface area contributed by atoms with E-state index in [-0.39, 0.29) is 23.5 Å². The molecule has 1 aromatic carbocycles. The van der Waals surface area contributed by atoms with Crippen molar-refractivity contribution in [2.45, 2.75) is 19.1 Å². The van der Waals surface area contributed by atoms with Crippen molar-refractivity contribution < 1.29 is 34.0 Å². The van der Waals surface area contributed by atoms with Gasteiger partial charge in [-0.05, 0) is 25.1 Å². The molecule has 1 rings (SSSR count). The predicted molar refractivity (Wildman–Crippen MR) is 71.9 cm³/mol. The Balaban J connectivity index is 3.13. The van der Waals surface area contributed by atoms with Gasteiger partial charge in [0.15, 0.2) is 6.10 Å². The molecule has 0 aliphatic heterocycles. The quantitative estimate of drug-likeness (QED) is 0.734. The molecule has 1 aromatic rings. The number of aliphatic hydroxyl groups excluding tert-OH is 2. The summed E-state index contributed by atoms with van der Waals surface area (Å²) >= 11 is 0. The Morgan fingerprint density at radius 2 is 1.90 bits per heavy atom. The molecule has 0 aliphatic carbocycles. The Kier molecular flexibility index (Phi) is 6.13. The van der Waals surface area contributed by atoms with Crippen molar-refractivity contribution in [1.82, 2.24) is 0 Å². The highest BCUT2D eigenvalue weighted by Gasteiger charge is 2.29. The second kappa shape index (κ2) is 7.61. The molecule has 0 bridgehead atoms. The number of ether oxygens (including phenoxy) is 3. The zero-order valence-electron chi connectivity index (χ0n) is 12.0. The van der Waals surface area contributed by atoms with Gasteiger partial charge in [-0.25, -0.2) is 9.59 Å². The zero-order valence-corrected chi connectivity index (χ0v) is 12.0. The minimum atomic E-state index is -1.79. The number of benzene rings is 1. The van der Waals surface area contributed by atoms with Gasteiger partial charge in [-0.15, -0.1) is 0 Å². The number of carbonyl (C=O) groups is 2. The Morgan fingerprint density at radius 3 is 2.43 bits per heavy atom. The first-order valence-corrected chi connectivity index (χ1v) is 6.25. The highest BCUT2D eigenvalue weighted by molar-refractivity contribution is 5.90. The van der Waals surface area contributed by atoms with Gasteiger partial charge in [0.25, 0.3) is 0 Å². The SMILES string of the molecule is CCOC(=O)C(O)C(O)c1cc(C(=O)OC)ccc1OC. The maximum atomic E-state index is 11.5. The topological polar surface area (TPSA) is 102 Å². The first-order chi connectivity index (χ1) is 9.96. The third-order valence-electron chi connectivity index (χ3n) is 2.80. The summed E-state index contributed by atoms with van der Waals surface area (Å²) in [6.45, 7) is 1.65. The molecule has 116 valence electrons. The first kappa shape index (κ1) is 16.9. The molecule has 0 spiro atoms. The fourth-order valence-corrected chi connectivity index (χ4v) is 1.74. The van der Waals surface area contributed by atoms with E-state index in [0.717, 1.165) is 0 Å². The number of esters is 2. The summed E-state index contributed by atoms with van der Waals surface area (Å²) in [5.74, 6) is -1.36. The molecule has 0 amide bonds. The smallest absolute Gasteiger partial charge is 0.338 e. The molecule has 7 heteroatoms. The van der Waals surface area contributed by atoms with Gasteiger partial charge in [0.05, 0.1) is 26.4 Å². The fourth-order valence-electron chi connectivity index (χ4n) is 1.74. The molecule has 2 unspecified atom stereocenters.